The lowest BCUT2D eigenvalue weighted by molar-refractivity contribution is 0.481. The Balaban J connectivity index is 0.00000288. The highest BCUT2D eigenvalue weighted by atomic mass is 127. The number of nitrogens with zero attached hydrogens (tertiary/aromatic N) is 2. The number of halogens is 1. The highest BCUT2D eigenvalue weighted by Crippen LogP contribution is 2.23. The van der Waals surface area contributed by atoms with Gasteiger partial charge in [-0.1, -0.05) is 57.0 Å². The van der Waals surface area contributed by atoms with Crippen molar-refractivity contribution < 1.29 is 0 Å². The summed E-state index contributed by atoms with van der Waals surface area (Å²) < 4.78 is 0. The first-order chi connectivity index (χ1) is 11.3. The Morgan fingerprint density at radius 3 is 2.50 bits per heavy atom. The van der Waals surface area contributed by atoms with Crippen LogP contribution in [0.4, 0.5) is 0 Å². The SMILES string of the molecule is CCC(CC)CNC(=NC)NCc1csc(-c2ccccc2)n1.I. The minimum atomic E-state index is 0. The molecule has 0 aliphatic heterocycles. The molecule has 132 valence electrons. The average Bonchev–Trinajstić information content (AvgIpc) is 3.08. The number of guanidine groups is 1. The van der Waals surface area contributed by atoms with Crippen LogP contribution in [0.5, 0.6) is 0 Å². The quantitative estimate of drug-likeness (QED) is 0.364. The second-order valence-corrected chi connectivity index (χ2v) is 6.36. The lowest BCUT2D eigenvalue weighted by atomic mass is 10.0. The van der Waals surface area contributed by atoms with Gasteiger partial charge in [-0.15, -0.1) is 35.3 Å². The van der Waals surface area contributed by atoms with Crippen molar-refractivity contribution in [3.8, 4) is 10.6 Å². The first-order valence-corrected chi connectivity index (χ1v) is 9.09. The summed E-state index contributed by atoms with van der Waals surface area (Å²) in [6.45, 7) is 6.10. The summed E-state index contributed by atoms with van der Waals surface area (Å²) in [6.07, 6.45) is 2.38. The number of rotatable bonds is 7. The summed E-state index contributed by atoms with van der Waals surface area (Å²) in [4.78, 5) is 8.97. The van der Waals surface area contributed by atoms with Gasteiger partial charge in [0, 0.05) is 24.5 Å². The smallest absolute Gasteiger partial charge is 0.191 e. The molecule has 2 N–H and O–H groups in total. The van der Waals surface area contributed by atoms with Crippen LogP contribution in [-0.2, 0) is 6.54 Å². The maximum atomic E-state index is 4.69. The summed E-state index contributed by atoms with van der Waals surface area (Å²) >= 11 is 1.68. The fourth-order valence-corrected chi connectivity index (χ4v) is 3.14. The first kappa shape index (κ1) is 20.9. The van der Waals surface area contributed by atoms with Gasteiger partial charge < -0.3 is 10.6 Å². The van der Waals surface area contributed by atoms with Gasteiger partial charge in [0.25, 0.3) is 0 Å². The number of hydrogen-bond donors (Lipinski definition) is 2. The van der Waals surface area contributed by atoms with Crippen LogP contribution in [0.3, 0.4) is 0 Å². The van der Waals surface area contributed by atoms with Crippen molar-refractivity contribution >= 4 is 41.3 Å². The highest BCUT2D eigenvalue weighted by Gasteiger charge is 2.07. The van der Waals surface area contributed by atoms with Gasteiger partial charge in [-0.3, -0.25) is 4.99 Å². The van der Waals surface area contributed by atoms with Crippen LogP contribution in [0.25, 0.3) is 10.6 Å². The van der Waals surface area contributed by atoms with Crippen LogP contribution in [0.2, 0.25) is 0 Å². The Labute approximate surface area is 166 Å². The van der Waals surface area contributed by atoms with E-state index in [0.717, 1.165) is 23.2 Å². The van der Waals surface area contributed by atoms with Crippen LogP contribution in [0.1, 0.15) is 32.4 Å². The largest absolute Gasteiger partial charge is 0.356 e. The summed E-state index contributed by atoms with van der Waals surface area (Å²) in [5.74, 6) is 1.53. The number of aromatic nitrogens is 1. The molecule has 1 heterocycles. The number of thiazole rings is 1. The third-order valence-corrected chi connectivity index (χ3v) is 4.89. The molecule has 0 bridgehead atoms. The predicted molar refractivity (Wildman–Crippen MR) is 115 cm³/mol. The molecule has 0 saturated carbocycles. The van der Waals surface area contributed by atoms with Crippen molar-refractivity contribution in [3.63, 3.8) is 0 Å². The van der Waals surface area contributed by atoms with Crippen LogP contribution < -0.4 is 10.6 Å². The number of aliphatic imine (C=N–C) groups is 1. The number of nitrogens with one attached hydrogen (secondary N) is 2. The van der Waals surface area contributed by atoms with E-state index in [0.29, 0.717) is 12.5 Å². The summed E-state index contributed by atoms with van der Waals surface area (Å²) in [5.41, 5.74) is 2.21. The van der Waals surface area contributed by atoms with Crippen molar-refractivity contribution in [2.24, 2.45) is 10.9 Å². The average molecular weight is 458 g/mol. The van der Waals surface area contributed by atoms with E-state index in [4.69, 9.17) is 0 Å². The molecule has 0 saturated heterocycles. The zero-order chi connectivity index (χ0) is 16.5. The zero-order valence-corrected chi connectivity index (χ0v) is 17.7. The van der Waals surface area contributed by atoms with Gasteiger partial charge >= 0.3 is 0 Å². The fourth-order valence-electron chi connectivity index (χ4n) is 2.31. The Hall–Kier alpha value is -1.15. The van der Waals surface area contributed by atoms with E-state index in [2.05, 4.69) is 52.0 Å². The molecule has 24 heavy (non-hydrogen) atoms. The zero-order valence-electron chi connectivity index (χ0n) is 14.6. The molecule has 4 nitrogen and oxygen atoms in total. The summed E-state index contributed by atoms with van der Waals surface area (Å²) in [6, 6.07) is 10.3. The molecule has 0 radical (unpaired) electrons. The van der Waals surface area contributed by atoms with E-state index >= 15 is 0 Å². The van der Waals surface area contributed by atoms with Crippen molar-refractivity contribution in [2.75, 3.05) is 13.6 Å². The lowest BCUT2D eigenvalue weighted by Gasteiger charge is -2.16. The van der Waals surface area contributed by atoms with E-state index in [1.807, 2.05) is 18.2 Å². The van der Waals surface area contributed by atoms with Gasteiger partial charge in [0.15, 0.2) is 5.96 Å². The number of hydrogen-bond acceptors (Lipinski definition) is 3. The molecule has 0 fully saturated rings. The Kier molecular flexibility index (Phi) is 9.94. The summed E-state index contributed by atoms with van der Waals surface area (Å²) in [7, 11) is 1.80. The van der Waals surface area contributed by atoms with Gasteiger partial charge in [-0.2, -0.15) is 0 Å². The van der Waals surface area contributed by atoms with Crippen molar-refractivity contribution in [1.29, 1.82) is 0 Å². The van der Waals surface area contributed by atoms with E-state index < -0.39 is 0 Å². The molecule has 6 heteroatoms. The maximum Gasteiger partial charge on any atom is 0.191 e. The fraction of sp³-hybridized carbons (Fsp3) is 0.444. The van der Waals surface area contributed by atoms with E-state index in [9.17, 15) is 0 Å². The molecular weight excluding hydrogens is 431 g/mol. The molecule has 2 rings (SSSR count). The molecular formula is C18H27IN4S. The lowest BCUT2D eigenvalue weighted by Crippen LogP contribution is -2.39. The van der Waals surface area contributed by atoms with Gasteiger partial charge in [-0.05, 0) is 5.92 Å². The van der Waals surface area contributed by atoms with Crippen LogP contribution in [0.15, 0.2) is 40.7 Å². The van der Waals surface area contributed by atoms with Crippen molar-refractivity contribution in [1.82, 2.24) is 15.6 Å². The normalized spacial score (nSPS) is 11.2. The molecule has 0 atom stereocenters. The molecule has 1 aromatic carbocycles. The van der Waals surface area contributed by atoms with Crippen LogP contribution in [-0.4, -0.2) is 24.5 Å². The Bertz CT molecular complexity index is 608. The van der Waals surface area contributed by atoms with E-state index in [-0.39, 0.29) is 24.0 Å². The predicted octanol–water partition coefficient (Wildman–Crippen LogP) is 4.53. The molecule has 0 spiro atoms. The Morgan fingerprint density at radius 1 is 1.17 bits per heavy atom. The highest BCUT2D eigenvalue weighted by molar-refractivity contribution is 14.0. The molecule has 2 aromatic rings. The van der Waals surface area contributed by atoms with E-state index in [1.165, 1.54) is 18.4 Å². The standard InChI is InChI=1S/C18H26N4S.HI/c1-4-14(5-2)11-20-18(19-3)21-12-16-13-23-17(22-16)15-9-7-6-8-10-15;/h6-10,13-14H,4-5,11-12H2,1-3H3,(H2,19,20,21);1H. The minimum absolute atomic E-state index is 0. The third-order valence-electron chi connectivity index (χ3n) is 3.95. The third kappa shape index (κ3) is 6.39. The summed E-state index contributed by atoms with van der Waals surface area (Å²) in [5, 5.41) is 9.89. The number of benzene rings is 1. The van der Waals surface area contributed by atoms with Gasteiger partial charge in [0.05, 0.1) is 12.2 Å². The molecule has 0 aliphatic rings. The van der Waals surface area contributed by atoms with E-state index in [1.54, 1.807) is 18.4 Å². The molecule has 0 aliphatic carbocycles. The van der Waals surface area contributed by atoms with Gasteiger partial charge in [0.1, 0.15) is 5.01 Å². The van der Waals surface area contributed by atoms with Crippen LogP contribution >= 0.6 is 35.3 Å². The second kappa shape index (κ2) is 11.4. The minimum Gasteiger partial charge on any atom is -0.356 e. The first-order valence-electron chi connectivity index (χ1n) is 8.21. The van der Waals surface area contributed by atoms with Gasteiger partial charge in [0.2, 0.25) is 0 Å². The second-order valence-electron chi connectivity index (χ2n) is 5.50. The van der Waals surface area contributed by atoms with Crippen molar-refractivity contribution in [3.05, 3.63) is 41.4 Å². The Morgan fingerprint density at radius 2 is 1.88 bits per heavy atom. The van der Waals surface area contributed by atoms with Crippen LogP contribution in [0, 0.1) is 5.92 Å². The molecule has 0 amide bonds. The maximum absolute atomic E-state index is 4.69. The monoisotopic (exact) mass is 458 g/mol. The molecule has 0 unspecified atom stereocenters. The van der Waals surface area contributed by atoms with Gasteiger partial charge in [-0.25, -0.2) is 4.98 Å². The topological polar surface area (TPSA) is 49.3 Å². The molecule has 1 aromatic heterocycles. The van der Waals surface area contributed by atoms with Crippen molar-refractivity contribution in [2.45, 2.75) is 33.2 Å².